The summed E-state index contributed by atoms with van der Waals surface area (Å²) in [5, 5.41) is 8.71. The molecule has 1 aromatic rings. The number of benzene rings is 1. The van der Waals surface area contributed by atoms with Gasteiger partial charge in [0.15, 0.2) is 0 Å². The quantitative estimate of drug-likeness (QED) is 0.906. The fourth-order valence-electron chi connectivity index (χ4n) is 2.61. The molecule has 2 rings (SSSR count). The number of nitrogens with zero attached hydrogens (tertiary/aromatic N) is 1. The van der Waals surface area contributed by atoms with Crippen molar-refractivity contribution in [1.82, 2.24) is 4.72 Å². The zero-order valence-corrected chi connectivity index (χ0v) is 12.3. The Labute approximate surface area is 120 Å². The number of sulfonamides is 1. The highest BCUT2D eigenvalue weighted by molar-refractivity contribution is 7.89. The van der Waals surface area contributed by atoms with Crippen molar-refractivity contribution in [3.05, 3.63) is 35.4 Å². The predicted molar refractivity (Wildman–Crippen MR) is 78.4 cm³/mol. The molecule has 1 N–H and O–H groups in total. The van der Waals surface area contributed by atoms with E-state index in [1.807, 2.05) is 6.07 Å². The first kappa shape index (κ1) is 15.0. The first-order valence-corrected chi connectivity index (χ1v) is 8.71. The molecule has 1 aromatic carbocycles. The highest BCUT2D eigenvalue weighted by atomic mass is 32.2. The fraction of sp³-hybridized carbons (Fsp3) is 0.533. The lowest BCUT2D eigenvalue weighted by atomic mass is 9.91. The van der Waals surface area contributed by atoms with Gasteiger partial charge in [-0.3, -0.25) is 0 Å². The van der Waals surface area contributed by atoms with Crippen molar-refractivity contribution in [2.75, 3.05) is 5.75 Å². The van der Waals surface area contributed by atoms with Gasteiger partial charge in [-0.05, 0) is 36.5 Å². The maximum Gasteiger partial charge on any atom is 0.212 e. The minimum absolute atomic E-state index is 0.239. The normalized spacial score (nSPS) is 16.8. The maximum atomic E-state index is 12.0. The highest BCUT2D eigenvalue weighted by Crippen LogP contribution is 2.24. The van der Waals surface area contributed by atoms with Crippen LogP contribution in [0.25, 0.3) is 0 Å². The van der Waals surface area contributed by atoms with Crippen molar-refractivity contribution in [2.24, 2.45) is 5.92 Å². The van der Waals surface area contributed by atoms with E-state index in [1.165, 1.54) is 6.42 Å². The minimum Gasteiger partial charge on any atom is -0.212 e. The summed E-state index contributed by atoms with van der Waals surface area (Å²) >= 11 is 0. The molecule has 0 spiro atoms. The summed E-state index contributed by atoms with van der Waals surface area (Å²) in [6.07, 6.45) is 5.58. The van der Waals surface area contributed by atoms with E-state index in [9.17, 15) is 8.42 Å². The second-order valence-electron chi connectivity index (χ2n) is 5.42. The van der Waals surface area contributed by atoms with Crippen LogP contribution in [0, 0.1) is 17.2 Å². The maximum absolute atomic E-state index is 12.0. The molecule has 0 atom stereocenters. The van der Waals surface area contributed by atoms with Gasteiger partial charge in [-0.2, -0.15) is 5.26 Å². The van der Waals surface area contributed by atoms with E-state index in [4.69, 9.17) is 5.26 Å². The molecule has 4 nitrogen and oxygen atoms in total. The van der Waals surface area contributed by atoms with Crippen LogP contribution < -0.4 is 4.72 Å². The molecule has 0 aliphatic heterocycles. The second-order valence-corrected chi connectivity index (χ2v) is 7.27. The van der Waals surface area contributed by atoms with E-state index in [1.54, 1.807) is 24.3 Å². The predicted octanol–water partition coefficient (Wildman–Crippen LogP) is 2.56. The molecule has 1 fully saturated rings. The number of nitrogens with one attached hydrogen (secondary N) is 1. The first-order chi connectivity index (χ1) is 9.59. The summed E-state index contributed by atoms with van der Waals surface area (Å²) in [6.45, 7) is 0.292. The van der Waals surface area contributed by atoms with E-state index >= 15 is 0 Å². The van der Waals surface area contributed by atoms with Crippen LogP contribution >= 0.6 is 0 Å². The van der Waals surface area contributed by atoms with Gasteiger partial charge in [0.05, 0.1) is 17.4 Å². The van der Waals surface area contributed by atoms with Crippen molar-refractivity contribution >= 4 is 10.0 Å². The van der Waals surface area contributed by atoms with Crippen LogP contribution in [-0.4, -0.2) is 14.2 Å². The lowest BCUT2D eigenvalue weighted by molar-refractivity contribution is 0.384. The van der Waals surface area contributed by atoms with Crippen LogP contribution in [0.1, 0.15) is 43.2 Å². The average Bonchev–Trinajstić information content (AvgIpc) is 2.46. The Morgan fingerprint density at radius 3 is 2.40 bits per heavy atom. The number of hydrogen-bond acceptors (Lipinski definition) is 3. The zero-order valence-electron chi connectivity index (χ0n) is 11.5. The van der Waals surface area contributed by atoms with Gasteiger partial charge in [0.25, 0.3) is 0 Å². The van der Waals surface area contributed by atoms with Gasteiger partial charge in [-0.25, -0.2) is 13.1 Å². The van der Waals surface area contributed by atoms with Crippen LogP contribution in [0.4, 0.5) is 0 Å². The van der Waals surface area contributed by atoms with Crippen LogP contribution in [0.2, 0.25) is 0 Å². The van der Waals surface area contributed by atoms with Crippen LogP contribution in [0.15, 0.2) is 24.3 Å². The lowest BCUT2D eigenvalue weighted by Crippen LogP contribution is -2.30. The highest BCUT2D eigenvalue weighted by Gasteiger charge is 2.20. The van der Waals surface area contributed by atoms with E-state index in [0.717, 1.165) is 31.2 Å². The van der Waals surface area contributed by atoms with Gasteiger partial charge in [-0.15, -0.1) is 0 Å². The third-order valence-corrected chi connectivity index (χ3v) is 5.25. The van der Waals surface area contributed by atoms with Crippen molar-refractivity contribution in [1.29, 1.82) is 5.26 Å². The monoisotopic (exact) mass is 292 g/mol. The van der Waals surface area contributed by atoms with Crippen molar-refractivity contribution in [3.63, 3.8) is 0 Å². The molecule has 1 aliphatic rings. The molecule has 0 saturated heterocycles. The van der Waals surface area contributed by atoms with Crippen molar-refractivity contribution in [3.8, 4) is 6.07 Å². The van der Waals surface area contributed by atoms with Gasteiger partial charge in [-0.1, -0.05) is 31.4 Å². The lowest BCUT2D eigenvalue weighted by Gasteiger charge is -2.21. The Hall–Kier alpha value is -1.38. The summed E-state index contributed by atoms with van der Waals surface area (Å²) in [5.41, 5.74) is 1.45. The molecule has 5 heteroatoms. The molecule has 0 heterocycles. The number of rotatable bonds is 5. The first-order valence-electron chi connectivity index (χ1n) is 7.05. The fourth-order valence-corrected chi connectivity index (χ4v) is 4.07. The summed E-state index contributed by atoms with van der Waals surface area (Å²) in [5.74, 6) is 0.547. The van der Waals surface area contributed by atoms with Crippen LogP contribution in [-0.2, 0) is 16.6 Å². The Morgan fingerprint density at radius 2 is 1.80 bits per heavy atom. The smallest absolute Gasteiger partial charge is 0.212 e. The Bertz CT molecular complexity index is 567. The Kier molecular flexibility index (Phi) is 5.16. The summed E-state index contributed by atoms with van der Waals surface area (Å²) in [4.78, 5) is 0. The summed E-state index contributed by atoms with van der Waals surface area (Å²) < 4.78 is 26.7. The van der Waals surface area contributed by atoms with E-state index < -0.39 is 10.0 Å². The van der Waals surface area contributed by atoms with E-state index in [2.05, 4.69) is 4.72 Å². The van der Waals surface area contributed by atoms with Gasteiger partial charge < -0.3 is 0 Å². The SMILES string of the molecule is N#Cc1ccc(CNS(=O)(=O)CC2CCCCC2)cc1. The molecule has 0 amide bonds. The zero-order chi connectivity index (χ0) is 14.4. The summed E-state index contributed by atoms with van der Waals surface area (Å²) in [7, 11) is -3.21. The van der Waals surface area contributed by atoms with Gasteiger partial charge in [0, 0.05) is 6.54 Å². The number of nitriles is 1. The van der Waals surface area contributed by atoms with E-state index in [-0.39, 0.29) is 5.75 Å². The van der Waals surface area contributed by atoms with E-state index in [0.29, 0.717) is 18.0 Å². The van der Waals surface area contributed by atoms with Gasteiger partial charge in [0.1, 0.15) is 0 Å². The molecule has 1 saturated carbocycles. The Balaban J connectivity index is 1.86. The standard InChI is InChI=1S/C15H20N2O2S/c16-10-13-6-8-14(9-7-13)11-17-20(18,19)12-15-4-2-1-3-5-15/h6-9,15,17H,1-5,11-12H2. The van der Waals surface area contributed by atoms with Crippen LogP contribution in [0.3, 0.4) is 0 Å². The average molecular weight is 292 g/mol. The third kappa shape index (κ3) is 4.62. The minimum atomic E-state index is -3.21. The largest absolute Gasteiger partial charge is 0.212 e. The molecule has 0 radical (unpaired) electrons. The molecule has 0 aromatic heterocycles. The second kappa shape index (κ2) is 6.87. The Morgan fingerprint density at radius 1 is 1.15 bits per heavy atom. The molecule has 0 bridgehead atoms. The van der Waals surface area contributed by atoms with Gasteiger partial charge in [0.2, 0.25) is 10.0 Å². The molecule has 1 aliphatic carbocycles. The third-order valence-electron chi connectivity index (χ3n) is 3.76. The van der Waals surface area contributed by atoms with Gasteiger partial charge >= 0.3 is 0 Å². The number of hydrogen-bond donors (Lipinski definition) is 1. The molecule has 0 unspecified atom stereocenters. The van der Waals surface area contributed by atoms with Crippen LogP contribution in [0.5, 0.6) is 0 Å². The molecule has 108 valence electrons. The molecular formula is C15H20N2O2S. The van der Waals surface area contributed by atoms with Crippen molar-refractivity contribution in [2.45, 2.75) is 38.6 Å². The van der Waals surface area contributed by atoms with Crippen molar-refractivity contribution < 1.29 is 8.42 Å². The topological polar surface area (TPSA) is 70.0 Å². The molecule has 20 heavy (non-hydrogen) atoms. The molecular weight excluding hydrogens is 272 g/mol. The summed E-state index contributed by atoms with van der Waals surface area (Å²) in [6, 6.07) is 9.00.